The molecule has 0 bridgehead atoms. The minimum absolute atomic E-state index is 0.250. The van der Waals surface area contributed by atoms with Gasteiger partial charge in [0.25, 0.3) is 5.91 Å². The van der Waals surface area contributed by atoms with Crippen molar-refractivity contribution >= 4 is 23.5 Å². The Hall–Kier alpha value is -2.77. The number of thioether (sulfide) groups is 1. The van der Waals surface area contributed by atoms with Crippen LogP contribution in [-0.4, -0.2) is 41.8 Å². The van der Waals surface area contributed by atoms with Crippen LogP contribution in [-0.2, 0) is 4.74 Å². The van der Waals surface area contributed by atoms with E-state index in [4.69, 9.17) is 9.47 Å². The number of para-hydroxylation sites is 2. The van der Waals surface area contributed by atoms with Crippen LogP contribution in [0.1, 0.15) is 17.3 Å². The molecule has 1 aromatic heterocycles. The molecule has 1 amide bonds. The number of anilines is 1. The van der Waals surface area contributed by atoms with Crippen molar-refractivity contribution in [2.24, 2.45) is 0 Å². The standard InChI is InChI=1S/C21H23N3O3S/c1-3-26-13-14-27-18-12-8-7-11-17(18)21(25)23-20-19(28-2)15-22-24(20)16-9-5-4-6-10-16/h4-12,15H,3,13-14H2,1-2H3,(H,23,25). The summed E-state index contributed by atoms with van der Waals surface area (Å²) < 4.78 is 12.8. The van der Waals surface area contributed by atoms with Crippen LogP contribution in [0.25, 0.3) is 5.69 Å². The molecule has 0 aliphatic carbocycles. The fraction of sp³-hybridized carbons (Fsp3) is 0.238. The lowest BCUT2D eigenvalue weighted by atomic mass is 10.2. The number of carbonyl (C=O) groups is 1. The average molecular weight is 398 g/mol. The molecule has 0 atom stereocenters. The highest BCUT2D eigenvalue weighted by molar-refractivity contribution is 7.98. The number of benzene rings is 2. The Morgan fingerprint density at radius 3 is 2.61 bits per heavy atom. The van der Waals surface area contributed by atoms with Gasteiger partial charge in [0, 0.05) is 6.61 Å². The van der Waals surface area contributed by atoms with Gasteiger partial charge in [0.05, 0.1) is 29.0 Å². The van der Waals surface area contributed by atoms with E-state index in [9.17, 15) is 4.79 Å². The maximum Gasteiger partial charge on any atom is 0.260 e. The van der Waals surface area contributed by atoms with Crippen molar-refractivity contribution in [2.45, 2.75) is 11.8 Å². The molecule has 0 fully saturated rings. The van der Waals surface area contributed by atoms with Crippen LogP contribution in [0.4, 0.5) is 5.82 Å². The normalized spacial score (nSPS) is 10.6. The Morgan fingerprint density at radius 1 is 1.11 bits per heavy atom. The Balaban J connectivity index is 1.83. The van der Waals surface area contributed by atoms with Gasteiger partial charge in [0.15, 0.2) is 0 Å². The molecule has 146 valence electrons. The number of carbonyl (C=O) groups excluding carboxylic acids is 1. The van der Waals surface area contributed by atoms with Crippen molar-refractivity contribution in [3.05, 3.63) is 66.4 Å². The first kappa shape index (κ1) is 20.0. The lowest BCUT2D eigenvalue weighted by Crippen LogP contribution is -2.17. The number of hydrogen-bond donors (Lipinski definition) is 1. The van der Waals surface area contributed by atoms with Gasteiger partial charge in [0.2, 0.25) is 0 Å². The van der Waals surface area contributed by atoms with E-state index in [0.29, 0.717) is 37.0 Å². The lowest BCUT2D eigenvalue weighted by molar-refractivity contribution is 0.0997. The van der Waals surface area contributed by atoms with Gasteiger partial charge < -0.3 is 14.8 Å². The van der Waals surface area contributed by atoms with Gasteiger partial charge in [-0.2, -0.15) is 5.10 Å². The first-order valence-electron chi connectivity index (χ1n) is 9.03. The fourth-order valence-electron chi connectivity index (χ4n) is 2.67. The number of amides is 1. The van der Waals surface area contributed by atoms with Crippen molar-refractivity contribution in [1.82, 2.24) is 9.78 Å². The zero-order valence-corrected chi connectivity index (χ0v) is 16.7. The molecule has 2 aromatic carbocycles. The molecule has 0 aliphatic rings. The molecule has 3 rings (SSSR count). The molecule has 0 radical (unpaired) electrons. The molecule has 0 spiro atoms. The second-order valence-corrected chi connectivity index (χ2v) is 6.65. The molecular weight excluding hydrogens is 374 g/mol. The largest absolute Gasteiger partial charge is 0.490 e. The van der Waals surface area contributed by atoms with Crippen molar-refractivity contribution in [3.8, 4) is 11.4 Å². The third-order valence-corrected chi connectivity index (χ3v) is 4.75. The molecule has 0 saturated heterocycles. The molecule has 0 saturated carbocycles. The smallest absolute Gasteiger partial charge is 0.260 e. The summed E-state index contributed by atoms with van der Waals surface area (Å²) in [5.74, 6) is 0.906. The summed E-state index contributed by atoms with van der Waals surface area (Å²) in [4.78, 5) is 13.9. The molecule has 1 heterocycles. The van der Waals surface area contributed by atoms with E-state index in [1.165, 1.54) is 11.8 Å². The third kappa shape index (κ3) is 4.74. The molecule has 0 aliphatic heterocycles. The van der Waals surface area contributed by atoms with Crippen LogP contribution >= 0.6 is 11.8 Å². The summed E-state index contributed by atoms with van der Waals surface area (Å²) >= 11 is 1.53. The average Bonchev–Trinajstić information content (AvgIpc) is 3.14. The van der Waals surface area contributed by atoms with E-state index >= 15 is 0 Å². The fourth-order valence-corrected chi connectivity index (χ4v) is 3.16. The van der Waals surface area contributed by atoms with E-state index in [1.54, 1.807) is 23.0 Å². The molecule has 7 heteroatoms. The number of ether oxygens (including phenoxy) is 2. The van der Waals surface area contributed by atoms with E-state index in [-0.39, 0.29) is 5.91 Å². The number of aromatic nitrogens is 2. The van der Waals surface area contributed by atoms with Crippen molar-refractivity contribution < 1.29 is 14.3 Å². The molecule has 6 nitrogen and oxygen atoms in total. The van der Waals surface area contributed by atoms with Crippen LogP contribution in [0.3, 0.4) is 0 Å². The summed E-state index contributed by atoms with van der Waals surface area (Å²) in [7, 11) is 0. The SMILES string of the molecule is CCOCCOc1ccccc1C(=O)Nc1c(SC)cnn1-c1ccccc1. The highest BCUT2D eigenvalue weighted by Crippen LogP contribution is 2.29. The summed E-state index contributed by atoms with van der Waals surface area (Å²) in [5, 5.41) is 7.43. The van der Waals surface area contributed by atoms with E-state index < -0.39 is 0 Å². The quantitative estimate of drug-likeness (QED) is 0.432. The van der Waals surface area contributed by atoms with Gasteiger partial charge in [-0.1, -0.05) is 30.3 Å². The van der Waals surface area contributed by atoms with Crippen LogP contribution in [0, 0.1) is 0 Å². The van der Waals surface area contributed by atoms with Crippen LogP contribution in [0.5, 0.6) is 5.75 Å². The van der Waals surface area contributed by atoms with E-state index in [2.05, 4.69) is 10.4 Å². The number of hydrogen-bond acceptors (Lipinski definition) is 5. The monoisotopic (exact) mass is 397 g/mol. The molecule has 1 N–H and O–H groups in total. The number of nitrogens with zero attached hydrogens (tertiary/aromatic N) is 2. The highest BCUT2D eigenvalue weighted by atomic mass is 32.2. The third-order valence-electron chi connectivity index (χ3n) is 4.01. The maximum absolute atomic E-state index is 13.0. The topological polar surface area (TPSA) is 65.4 Å². The van der Waals surface area contributed by atoms with Gasteiger partial charge in [0.1, 0.15) is 18.2 Å². The zero-order valence-electron chi connectivity index (χ0n) is 15.9. The Morgan fingerprint density at radius 2 is 1.86 bits per heavy atom. The minimum atomic E-state index is -0.250. The van der Waals surface area contributed by atoms with Gasteiger partial charge in [-0.15, -0.1) is 11.8 Å². The van der Waals surface area contributed by atoms with Crippen LogP contribution in [0.2, 0.25) is 0 Å². The number of rotatable bonds is 9. The van der Waals surface area contributed by atoms with Crippen molar-refractivity contribution in [3.63, 3.8) is 0 Å². The first-order chi connectivity index (χ1) is 13.7. The second kappa shape index (κ2) is 9.96. The summed E-state index contributed by atoms with van der Waals surface area (Å²) in [5.41, 5.74) is 1.34. The Kier molecular flexibility index (Phi) is 7.11. The maximum atomic E-state index is 13.0. The highest BCUT2D eigenvalue weighted by Gasteiger charge is 2.18. The summed E-state index contributed by atoms with van der Waals surface area (Å²) in [6.45, 7) is 3.42. The summed E-state index contributed by atoms with van der Waals surface area (Å²) in [6, 6.07) is 16.9. The van der Waals surface area contributed by atoms with Gasteiger partial charge >= 0.3 is 0 Å². The van der Waals surface area contributed by atoms with Gasteiger partial charge in [-0.3, -0.25) is 4.79 Å². The lowest BCUT2D eigenvalue weighted by Gasteiger charge is -2.13. The molecule has 3 aromatic rings. The number of nitrogens with one attached hydrogen (secondary N) is 1. The second-order valence-electron chi connectivity index (χ2n) is 5.80. The van der Waals surface area contributed by atoms with Crippen molar-refractivity contribution in [1.29, 1.82) is 0 Å². The predicted molar refractivity (Wildman–Crippen MR) is 112 cm³/mol. The summed E-state index contributed by atoms with van der Waals surface area (Å²) in [6.07, 6.45) is 3.70. The predicted octanol–water partition coefficient (Wildman–Crippen LogP) is 4.26. The Labute approximate surface area is 168 Å². The molecular formula is C21H23N3O3S. The van der Waals surface area contributed by atoms with E-state index in [1.807, 2.05) is 55.6 Å². The van der Waals surface area contributed by atoms with Crippen molar-refractivity contribution in [2.75, 3.05) is 31.4 Å². The zero-order chi connectivity index (χ0) is 19.8. The molecule has 28 heavy (non-hydrogen) atoms. The van der Waals surface area contributed by atoms with Crippen LogP contribution < -0.4 is 10.1 Å². The first-order valence-corrected chi connectivity index (χ1v) is 10.3. The van der Waals surface area contributed by atoms with Gasteiger partial charge in [-0.05, 0) is 37.4 Å². The van der Waals surface area contributed by atoms with Crippen LogP contribution in [0.15, 0.2) is 65.7 Å². The van der Waals surface area contributed by atoms with E-state index in [0.717, 1.165) is 10.6 Å². The Bertz CT molecular complexity index is 912. The minimum Gasteiger partial charge on any atom is -0.490 e. The van der Waals surface area contributed by atoms with Gasteiger partial charge in [-0.25, -0.2) is 4.68 Å². The molecule has 0 unspecified atom stereocenters.